The van der Waals surface area contributed by atoms with Crippen molar-refractivity contribution in [3.05, 3.63) is 59.2 Å². The van der Waals surface area contributed by atoms with Crippen LogP contribution in [0.25, 0.3) is 0 Å². The molecule has 158 valence electrons. The number of ether oxygens (including phenoxy) is 2. The fourth-order valence-corrected chi connectivity index (χ4v) is 3.85. The number of carbonyl (C=O) groups excluding carboxylic acids is 1. The SMILES string of the molecule is CCc1ccc(S(=O)(=O)NCCOc2ccc(C(C)(C)C)cc2)cc1C(=O)OC. The number of methoxy groups -OCH3 is 1. The van der Waals surface area contributed by atoms with Crippen molar-refractivity contribution in [1.82, 2.24) is 4.72 Å². The van der Waals surface area contributed by atoms with Crippen LogP contribution in [0.15, 0.2) is 47.4 Å². The summed E-state index contributed by atoms with van der Waals surface area (Å²) in [6.45, 7) is 8.58. The Labute approximate surface area is 173 Å². The van der Waals surface area contributed by atoms with Gasteiger partial charge in [-0.25, -0.2) is 17.9 Å². The zero-order valence-corrected chi connectivity index (χ0v) is 18.4. The van der Waals surface area contributed by atoms with Crippen molar-refractivity contribution in [2.45, 2.75) is 44.4 Å². The highest BCUT2D eigenvalue weighted by Crippen LogP contribution is 2.24. The minimum Gasteiger partial charge on any atom is -0.492 e. The molecule has 29 heavy (non-hydrogen) atoms. The van der Waals surface area contributed by atoms with Gasteiger partial charge in [-0.2, -0.15) is 0 Å². The highest BCUT2D eigenvalue weighted by Gasteiger charge is 2.19. The van der Waals surface area contributed by atoms with Crippen molar-refractivity contribution in [2.75, 3.05) is 20.3 Å². The molecule has 0 heterocycles. The van der Waals surface area contributed by atoms with E-state index < -0.39 is 16.0 Å². The monoisotopic (exact) mass is 419 g/mol. The van der Waals surface area contributed by atoms with Crippen molar-refractivity contribution in [1.29, 1.82) is 0 Å². The third-order valence-electron chi connectivity index (χ3n) is 4.56. The second-order valence-corrected chi connectivity index (χ2v) is 9.45. The Morgan fingerprint density at radius 2 is 1.72 bits per heavy atom. The standard InChI is InChI=1S/C22H29NO5S/c1-6-16-7-12-19(15-20(16)21(24)27-5)29(25,26)23-13-14-28-18-10-8-17(9-11-18)22(2,3)4/h7-12,15,23H,6,13-14H2,1-5H3. The summed E-state index contributed by atoms with van der Waals surface area (Å²) in [5, 5.41) is 0. The number of rotatable bonds is 8. The molecule has 6 nitrogen and oxygen atoms in total. The van der Waals surface area contributed by atoms with Crippen LogP contribution in [0.4, 0.5) is 0 Å². The minimum atomic E-state index is -3.77. The lowest BCUT2D eigenvalue weighted by Gasteiger charge is -2.19. The fraction of sp³-hybridized carbons (Fsp3) is 0.409. The summed E-state index contributed by atoms with van der Waals surface area (Å²) in [5.41, 5.74) is 2.25. The molecule has 0 atom stereocenters. The molecule has 0 spiro atoms. The normalized spacial score (nSPS) is 11.9. The van der Waals surface area contributed by atoms with Gasteiger partial charge in [0.05, 0.1) is 17.6 Å². The van der Waals surface area contributed by atoms with Gasteiger partial charge in [0.15, 0.2) is 0 Å². The molecular formula is C22H29NO5S. The van der Waals surface area contributed by atoms with E-state index in [1.54, 1.807) is 6.07 Å². The van der Waals surface area contributed by atoms with Crippen LogP contribution in [0.1, 0.15) is 49.2 Å². The van der Waals surface area contributed by atoms with Crippen LogP contribution >= 0.6 is 0 Å². The molecule has 0 unspecified atom stereocenters. The van der Waals surface area contributed by atoms with Gasteiger partial charge < -0.3 is 9.47 Å². The van der Waals surface area contributed by atoms with E-state index in [0.29, 0.717) is 12.2 Å². The summed E-state index contributed by atoms with van der Waals surface area (Å²) in [4.78, 5) is 11.9. The van der Waals surface area contributed by atoms with Gasteiger partial charge in [-0.1, -0.05) is 45.9 Å². The van der Waals surface area contributed by atoms with E-state index in [0.717, 1.165) is 5.56 Å². The quantitative estimate of drug-likeness (QED) is 0.521. The van der Waals surface area contributed by atoms with Gasteiger partial charge in [-0.05, 0) is 47.2 Å². The minimum absolute atomic E-state index is 0.0182. The Balaban J connectivity index is 1.99. The molecule has 0 saturated heterocycles. The Morgan fingerprint density at radius 1 is 1.07 bits per heavy atom. The maximum Gasteiger partial charge on any atom is 0.338 e. The summed E-state index contributed by atoms with van der Waals surface area (Å²) in [5.74, 6) is 0.124. The van der Waals surface area contributed by atoms with Crippen LogP contribution in [0.3, 0.4) is 0 Å². The molecule has 1 N–H and O–H groups in total. The van der Waals surface area contributed by atoms with Gasteiger partial charge in [0.2, 0.25) is 10.0 Å². The van der Waals surface area contributed by atoms with E-state index in [4.69, 9.17) is 9.47 Å². The van der Waals surface area contributed by atoms with Crippen LogP contribution in [0.5, 0.6) is 5.75 Å². The van der Waals surface area contributed by atoms with E-state index in [1.165, 1.54) is 24.8 Å². The summed E-state index contributed by atoms with van der Waals surface area (Å²) >= 11 is 0. The van der Waals surface area contributed by atoms with Gasteiger partial charge in [-0.3, -0.25) is 0 Å². The lowest BCUT2D eigenvalue weighted by atomic mass is 9.87. The smallest absolute Gasteiger partial charge is 0.338 e. The maximum atomic E-state index is 12.5. The van der Waals surface area contributed by atoms with Crippen molar-refractivity contribution < 1.29 is 22.7 Å². The molecule has 0 saturated carbocycles. The molecule has 2 aromatic rings. The highest BCUT2D eigenvalue weighted by molar-refractivity contribution is 7.89. The second-order valence-electron chi connectivity index (χ2n) is 7.68. The lowest BCUT2D eigenvalue weighted by molar-refractivity contribution is 0.0599. The highest BCUT2D eigenvalue weighted by atomic mass is 32.2. The Morgan fingerprint density at radius 3 is 2.28 bits per heavy atom. The summed E-state index contributed by atoms with van der Waals surface area (Å²) in [6, 6.07) is 12.2. The number of aryl methyl sites for hydroxylation is 1. The molecule has 0 aliphatic rings. The summed E-state index contributed by atoms with van der Waals surface area (Å²) in [7, 11) is -2.50. The molecule has 2 aromatic carbocycles. The van der Waals surface area contributed by atoms with Crippen molar-refractivity contribution in [3.63, 3.8) is 0 Å². The molecule has 0 fully saturated rings. The first-order valence-electron chi connectivity index (χ1n) is 9.52. The zero-order valence-electron chi connectivity index (χ0n) is 17.6. The average Bonchev–Trinajstić information content (AvgIpc) is 2.69. The molecule has 0 aliphatic heterocycles. The van der Waals surface area contributed by atoms with Gasteiger partial charge in [0, 0.05) is 6.54 Å². The topological polar surface area (TPSA) is 81.7 Å². The Kier molecular flexibility index (Phi) is 7.43. The van der Waals surface area contributed by atoms with Gasteiger partial charge in [0.25, 0.3) is 0 Å². The predicted octanol–water partition coefficient (Wildman–Crippen LogP) is 3.69. The third-order valence-corrected chi connectivity index (χ3v) is 6.02. The van der Waals surface area contributed by atoms with Crippen LogP contribution in [0, 0.1) is 0 Å². The number of carbonyl (C=O) groups is 1. The second kappa shape index (κ2) is 9.41. The van der Waals surface area contributed by atoms with Crippen LogP contribution in [0.2, 0.25) is 0 Å². The Bertz CT molecular complexity index is 944. The lowest BCUT2D eigenvalue weighted by Crippen LogP contribution is -2.28. The number of benzene rings is 2. The maximum absolute atomic E-state index is 12.5. The third kappa shape index (κ3) is 6.05. The summed E-state index contributed by atoms with van der Waals surface area (Å²) in [6.07, 6.45) is 0.597. The van der Waals surface area contributed by atoms with Gasteiger partial charge in [0.1, 0.15) is 12.4 Å². The molecule has 0 aliphatic carbocycles. The number of nitrogens with one attached hydrogen (secondary N) is 1. The van der Waals surface area contributed by atoms with Crippen LogP contribution < -0.4 is 9.46 Å². The van der Waals surface area contributed by atoms with Crippen molar-refractivity contribution in [3.8, 4) is 5.75 Å². The van der Waals surface area contributed by atoms with Gasteiger partial charge >= 0.3 is 5.97 Å². The van der Waals surface area contributed by atoms with Gasteiger partial charge in [-0.15, -0.1) is 0 Å². The van der Waals surface area contributed by atoms with E-state index in [9.17, 15) is 13.2 Å². The van der Waals surface area contributed by atoms with E-state index >= 15 is 0 Å². The average molecular weight is 420 g/mol. The zero-order chi connectivity index (χ0) is 21.7. The Hall–Kier alpha value is -2.38. The first-order valence-corrected chi connectivity index (χ1v) is 11.0. The van der Waals surface area contributed by atoms with Crippen LogP contribution in [-0.2, 0) is 26.6 Å². The molecule has 7 heteroatoms. The number of hydrogen-bond donors (Lipinski definition) is 1. The van der Waals surface area contributed by atoms with Crippen molar-refractivity contribution >= 4 is 16.0 Å². The van der Waals surface area contributed by atoms with E-state index in [2.05, 4.69) is 25.5 Å². The fourth-order valence-electron chi connectivity index (χ4n) is 2.81. The number of esters is 1. The first-order chi connectivity index (χ1) is 13.6. The van der Waals surface area contributed by atoms with Crippen LogP contribution in [-0.4, -0.2) is 34.6 Å². The molecule has 0 radical (unpaired) electrons. The van der Waals surface area contributed by atoms with E-state index in [-0.39, 0.29) is 29.0 Å². The molecular weight excluding hydrogens is 390 g/mol. The number of sulfonamides is 1. The summed E-state index contributed by atoms with van der Waals surface area (Å²) < 4.78 is 38.0. The largest absolute Gasteiger partial charge is 0.492 e. The van der Waals surface area contributed by atoms with Crippen molar-refractivity contribution in [2.24, 2.45) is 0 Å². The first kappa shape index (κ1) is 22.9. The molecule has 0 amide bonds. The molecule has 0 bridgehead atoms. The molecule has 2 rings (SSSR count). The number of hydrogen-bond acceptors (Lipinski definition) is 5. The predicted molar refractivity (Wildman–Crippen MR) is 113 cm³/mol. The molecule has 0 aromatic heterocycles. The van der Waals surface area contributed by atoms with E-state index in [1.807, 2.05) is 31.2 Å².